The Morgan fingerprint density at radius 2 is 1.25 bits per heavy atom. The van der Waals surface area contributed by atoms with Crippen molar-refractivity contribution in [3.05, 3.63) is 134 Å². The van der Waals surface area contributed by atoms with Crippen LogP contribution in [0.1, 0.15) is 82.5 Å². The molecule has 4 aliphatic rings. The predicted octanol–water partition coefficient (Wildman–Crippen LogP) is 6.84. The van der Waals surface area contributed by atoms with E-state index in [2.05, 4.69) is 70.6 Å². The first-order chi connectivity index (χ1) is 23.6. The van der Waals surface area contributed by atoms with Crippen molar-refractivity contribution in [3.8, 4) is 22.9 Å². The van der Waals surface area contributed by atoms with E-state index in [4.69, 9.17) is 18.8 Å². The van der Waals surface area contributed by atoms with Crippen molar-refractivity contribution in [2.45, 2.75) is 50.4 Å². The number of hydrogen-bond acceptors (Lipinski definition) is 10. The van der Waals surface area contributed by atoms with Crippen molar-refractivity contribution in [3.63, 3.8) is 0 Å². The number of allylic oxidation sites excluding steroid dienone is 2. The molecule has 2 saturated carbocycles. The van der Waals surface area contributed by atoms with Gasteiger partial charge in [0.2, 0.25) is 11.8 Å². The van der Waals surface area contributed by atoms with Gasteiger partial charge in [0.05, 0.1) is 35.2 Å². The summed E-state index contributed by atoms with van der Waals surface area (Å²) < 4.78 is 10.5. The number of fused-ring (bicyclic) bond motifs is 2. The van der Waals surface area contributed by atoms with Crippen molar-refractivity contribution >= 4 is 27.1 Å². The maximum Gasteiger partial charge on any atom is 0.434 e. The predicted molar refractivity (Wildman–Crippen MR) is 180 cm³/mol. The SMILES string of the molecule is Brc1nnc(-c2ccc3c(c2)C(c2cncc(C4CC4)n2)=CC3)o1.O=c1[nH]nc(-c2ccc3c(c2)C(c2cncc(C4CC4)n2)=CC3)o1. The molecule has 2 fully saturated rings. The summed E-state index contributed by atoms with van der Waals surface area (Å²) in [5, 5.41) is 14.1. The number of benzene rings is 2. The number of halogens is 1. The number of aromatic amines is 1. The Morgan fingerprint density at radius 1 is 0.688 bits per heavy atom. The van der Waals surface area contributed by atoms with Crippen molar-refractivity contribution in [1.29, 1.82) is 0 Å². The van der Waals surface area contributed by atoms with Crippen molar-refractivity contribution in [2.75, 3.05) is 0 Å². The van der Waals surface area contributed by atoms with Gasteiger partial charge in [0.1, 0.15) is 0 Å². The quantitative estimate of drug-likeness (QED) is 0.196. The van der Waals surface area contributed by atoms with E-state index in [0.717, 1.165) is 63.5 Å². The van der Waals surface area contributed by atoms with Crippen LogP contribution in [0.25, 0.3) is 34.1 Å². The van der Waals surface area contributed by atoms with E-state index in [1.807, 2.05) is 49.1 Å². The Labute approximate surface area is 282 Å². The molecule has 6 aromatic rings. The summed E-state index contributed by atoms with van der Waals surface area (Å²) in [7, 11) is 0. The van der Waals surface area contributed by atoms with Crippen LogP contribution in [0.2, 0.25) is 0 Å². The van der Waals surface area contributed by atoms with E-state index >= 15 is 0 Å². The molecule has 4 aromatic heterocycles. The number of hydrogen-bond donors (Lipinski definition) is 1. The van der Waals surface area contributed by atoms with Crippen LogP contribution in [0, 0.1) is 0 Å². The van der Waals surface area contributed by atoms with E-state index in [0.29, 0.717) is 28.4 Å². The van der Waals surface area contributed by atoms with Gasteiger partial charge in [0.25, 0.3) is 4.80 Å². The molecule has 236 valence electrons. The molecule has 0 bridgehead atoms. The molecule has 0 aliphatic heterocycles. The van der Waals surface area contributed by atoms with Gasteiger partial charge >= 0.3 is 5.76 Å². The van der Waals surface area contributed by atoms with Crippen LogP contribution < -0.4 is 5.76 Å². The smallest absolute Gasteiger partial charge is 0.411 e. The summed E-state index contributed by atoms with van der Waals surface area (Å²) in [6, 6.07) is 12.2. The van der Waals surface area contributed by atoms with Crippen molar-refractivity contribution in [1.82, 2.24) is 40.3 Å². The Morgan fingerprint density at radius 3 is 1.73 bits per heavy atom. The van der Waals surface area contributed by atoms with E-state index in [9.17, 15) is 4.79 Å². The van der Waals surface area contributed by atoms with Gasteiger partial charge in [-0.3, -0.25) is 9.97 Å². The summed E-state index contributed by atoms with van der Waals surface area (Å²) >= 11 is 3.20. The standard InChI is InChI=1S/C18H13BrN4O.C18H14N4O2/c19-18-23-22-17(24-18)12-4-1-10-5-6-13(14(10)7-12)16-9-20-8-15(21-16)11-2-3-11;23-18-22-21-17(24-18)12-4-1-10-5-6-13(14(10)7-12)16-9-19-8-15(20-16)11-2-3-11/h1,4,6-9,11H,2-3,5H2;1,4,6-9,11H,2-3,5H2,(H,22,23). The third-order valence-corrected chi connectivity index (χ3v) is 9.35. The average molecular weight is 700 g/mol. The zero-order valence-corrected chi connectivity index (χ0v) is 27.1. The molecule has 10 rings (SSSR count). The summed E-state index contributed by atoms with van der Waals surface area (Å²) in [6.45, 7) is 0. The minimum atomic E-state index is -0.552. The lowest BCUT2D eigenvalue weighted by Gasteiger charge is -2.08. The second-order valence-corrected chi connectivity index (χ2v) is 13.1. The molecule has 0 spiro atoms. The number of H-pyrrole nitrogens is 1. The van der Waals surface area contributed by atoms with Gasteiger partial charge in [0, 0.05) is 62.4 Å². The first-order valence-corrected chi connectivity index (χ1v) is 16.7. The molecule has 0 saturated heterocycles. The summed E-state index contributed by atoms with van der Waals surface area (Å²) in [4.78, 5) is 30.0. The molecule has 0 unspecified atom stereocenters. The van der Waals surface area contributed by atoms with Crippen LogP contribution in [-0.2, 0) is 12.8 Å². The fourth-order valence-corrected chi connectivity index (χ4v) is 6.49. The molecular formula is C36H27BrN8O3. The second-order valence-electron chi connectivity index (χ2n) is 12.4. The molecule has 4 aliphatic carbocycles. The van der Waals surface area contributed by atoms with Gasteiger partial charge in [-0.05, 0) is 85.0 Å². The van der Waals surface area contributed by atoms with Crippen LogP contribution in [0.15, 0.2) is 91.8 Å². The highest BCUT2D eigenvalue weighted by atomic mass is 79.9. The molecule has 4 heterocycles. The van der Waals surface area contributed by atoms with Crippen LogP contribution >= 0.6 is 15.9 Å². The molecule has 12 heteroatoms. The molecular weight excluding hydrogens is 672 g/mol. The van der Waals surface area contributed by atoms with Gasteiger partial charge in [-0.15, -0.1) is 15.3 Å². The lowest BCUT2D eigenvalue weighted by atomic mass is 10.0. The van der Waals surface area contributed by atoms with Gasteiger partial charge in [0.15, 0.2) is 0 Å². The average Bonchev–Trinajstić information content (AvgIpc) is 3.97. The molecule has 0 radical (unpaired) electrons. The van der Waals surface area contributed by atoms with Crippen LogP contribution in [0.3, 0.4) is 0 Å². The zero-order chi connectivity index (χ0) is 32.2. The zero-order valence-electron chi connectivity index (χ0n) is 25.6. The number of nitrogens with zero attached hydrogens (tertiary/aromatic N) is 7. The van der Waals surface area contributed by atoms with E-state index in [1.165, 1.54) is 42.4 Å². The van der Waals surface area contributed by atoms with Gasteiger partial charge in [-0.2, -0.15) is 0 Å². The van der Waals surface area contributed by atoms with Crippen LogP contribution in [0.4, 0.5) is 0 Å². The van der Waals surface area contributed by atoms with E-state index in [1.54, 1.807) is 0 Å². The number of nitrogens with one attached hydrogen (secondary N) is 1. The molecule has 11 nitrogen and oxygen atoms in total. The van der Waals surface area contributed by atoms with Crippen LogP contribution in [0.5, 0.6) is 0 Å². The highest BCUT2D eigenvalue weighted by molar-refractivity contribution is 9.10. The van der Waals surface area contributed by atoms with E-state index in [-0.39, 0.29) is 0 Å². The minimum Gasteiger partial charge on any atom is -0.411 e. The Bertz CT molecular complexity index is 2330. The third kappa shape index (κ3) is 5.62. The highest BCUT2D eigenvalue weighted by Crippen LogP contribution is 2.41. The number of aromatic nitrogens is 8. The molecule has 0 amide bonds. The minimum absolute atomic E-state index is 0.298. The second kappa shape index (κ2) is 11.7. The van der Waals surface area contributed by atoms with Crippen LogP contribution in [-0.4, -0.2) is 40.3 Å². The Balaban J connectivity index is 0.000000131. The van der Waals surface area contributed by atoms with Gasteiger partial charge in [-0.1, -0.05) is 24.3 Å². The molecule has 0 atom stereocenters. The van der Waals surface area contributed by atoms with Crippen molar-refractivity contribution in [2.24, 2.45) is 0 Å². The number of rotatable bonds is 6. The largest absolute Gasteiger partial charge is 0.434 e. The molecule has 1 N–H and O–H groups in total. The fraction of sp³-hybridized carbons (Fsp3) is 0.222. The first kappa shape index (κ1) is 28.8. The first-order valence-electron chi connectivity index (χ1n) is 15.9. The lowest BCUT2D eigenvalue weighted by Crippen LogP contribution is -1.96. The molecule has 2 aromatic carbocycles. The maximum atomic E-state index is 11.2. The summed E-state index contributed by atoms with van der Waals surface area (Å²) in [6.07, 6.45) is 18.5. The topological polar surface area (TPSA) is 149 Å². The fourth-order valence-electron chi connectivity index (χ4n) is 6.25. The summed E-state index contributed by atoms with van der Waals surface area (Å²) in [5.74, 6) is 1.43. The maximum absolute atomic E-state index is 11.2. The third-order valence-electron chi connectivity index (χ3n) is 9.03. The highest BCUT2D eigenvalue weighted by Gasteiger charge is 2.28. The Hall–Kier alpha value is -5.36. The van der Waals surface area contributed by atoms with Gasteiger partial charge in [-0.25, -0.2) is 19.9 Å². The Kier molecular flexibility index (Phi) is 7.03. The molecule has 48 heavy (non-hydrogen) atoms. The normalized spacial score (nSPS) is 16.1. The summed E-state index contributed by atoms with van der Waals surface area (Å²) in [5.41, 5.74) is 12.7. The monoisotopic (exact) mass is 698 g/mol. The van der Waals surface area contributed by atoms with Crippen molar-refractivity contribution < 1.29 is 8.83 Å². The van der Waals surface area contributed by atoms with E-state index < -0.39 is 5.76 Å². The van der Waals surface area contributed by atoms with Gasteiger partial charge < -0.3 is 8.83 Å². The lowest BCUT2D eigenvalue weighted by molar-refractivity contribution is 0.527.